The Hall–Kier alpha value is -0.900. The van der Waals surface area contributed by atoms with Crippen LogP contribution in [0.3, 0.4) is 0 Å². The molecule has 1 heterocycles. The van der Waals surface area contributed by atoms with E-state index in [-0.39, 0.29) is 6.42 Å². The van der Waals surface area contributed by atoms with Crippen LogP contribution >= 0.6 is 11.3 Å². The van der Waals surface area contributed by atoms with Gasteiger partial charge in [0, 0.05) is 11.1 Å². The first kappa shape index (κ1) is 9.65. The molecule has 1 saturated carbocycles. The van der Waals surface area contributed by atoms with E-state index in [4.69, 9.17) is 5.11 Å². The lowest BCUT2D eigenvalue weighted by atomic mass is 10.1. The molecular formula is C10H13NO2S. The number of carboxylic acid groups (broad SMARTS) is 1. The average Bonchev–Trinajstić information content (AvgIpc) is 2.69. The molecule has 1 fully saturated rings. The molecule has 0 atom stereocenters. The van der Waals surface area contributed by atoms with Gasteiger partial charge in [-0.15, -0.1) is 11.3 Å². The maximum atomic E-state index is 10.5. The van der Waals surface area contributed by atoms with Crippen molar-refractivity contribution in [3.63, 3.8) is 0 Å². The Morgan fingerprint density at radius 1 is 1.57 bits per heavy atom. The molecule has 0 bridgehead atoms. The fourth-order valence-corrected chi connectivity index (χ4v) is 3.02. The van der Waals surface area contributed by atoms with Crippen molar-refractivity contribution in [3.8, 4) is 0 Å². The number of aromatic nitrogens is 1. The molecule has 2 rings (SSSR count). The summed E-state index contributed by atoms with van der Waals surface area (Å²) < 4.78 is 0. The molecule has 76 valence electrons. The van der Waals surface area contributed by atoms with E-state index in [1.165, 1.54) is 30.6 Å². The number of thiazole rings is 1. The molecule has 1 aliphatic carbocycles. The summed E-state index contributed by atoms with van der Waals surface area (Å²) >= 11 is 1.57. The van der Waals surface area contributed by atoms with Crippen LogP contribution in [0.4, 0.5) is 0 Å². The summed E-state index contributed by atoms with van der Waals surface area (Å²) in [5, 5.41) is 9.34. The number of carboxylic acids is 1. The molecule has 1 aliphatic rings. The van der Waals surface area contributed by atoms with Crippen LogP contribution in [0, 0.1) is 0 Å². The Morgan fingerprint density at radius 2 is 2.29 bits per heavy atom. The Balaban J connectivity index is 2.05. The van der Waals surface area contributed by atoms with Gasteiger partial charge in [-0.3, -0.25) is 4.79 Å². The zero-order chi connectivity index (χ0) is 9.97. The minimum atomic E-state index is -0.794. The van der Waals surface area contributed by atoms with Crippen molar-refractivity contribution >= 4 is 17.3 Å². The Labute approximate surface area is 86.8 Å². The third kappa shape index (κ3) is 2.12. The highest BCUT2D eigenvalue weighted by molar-refractivity contribution is 7.11. The van der Waals surface area contributed by atoms with Crippen LogP contribution in [0.25, 0.3) is 0 Å². The standard InChI is InChI=1S/C10H13NO2S/c12-10(13)5-9-11-6-8(14-9)7-3-1-2-4-7/h6-7H,1-5H2,(H,12,13). The van der Waals surface area contributed by atoms with E-state index in [1.54, 1.807) is 11.3 Å². The third-order valence-electron chi connectivity index (χ3n) is 2.63. The molecule has 0 aliphatic heterocycles. The monoisotopic (exact) mass is 211 g/mol. The van der Waals surface area contributed by atoms with Gasteiger partial charge < -0.3 is 5.11 Å². The van der Waals surface area contributed by atoms with Crippen molar-refractivity contribution in [3.05, 3.63) is 16.1 Å². The molecule has 0 saturated heterocycles. The van der Waals surface area contributed by atoms with E-state index in [0.717, 1.165) is 5.01 Å². The van der Waals surface area contributed by atoms with Gasteiger partial charge in [0.2, 0.25) is 0 Å². The van der Waals surface area contributed by atoms with Gasteiger partial charge in [-0.1, -0.05) is 12.8 Å². The summed E-state index contributed by atoms with van der Waals surface area (Å²) in [6, 6.07) is 0. The quantitative estimate of drug-likeness (QED) is 0.835. The highest BCUT2D eigenvalue weighted by Gasteiger charge is 2.19. The zero-order valence-corrected chi connectivity index (χ0v) is 8.72. The number of carbonyl (C=O) groups is 1. The van der Waals surface area contributed by atoms with Crippen LogP contribution in [0.5, 0.6) is 0 Å². The number of hydrogen-bond acceptors (Lipinski definition) is 3. The minimum absolute atomic E-state index is 0.0669. The van der Waals surface area contributed by atoms with E-state index >= 15 is 0 Å². The van der Waals surface area contributed by atoms with Gasteiger partial charge in [0.15, 0.2) is 0 Å². The maximum Gasteiger partial charge on any atom is 0.310 e. The van der Waals surface area contributed by atoms with Gasteiger partial charge in [-0.25, -0.2) is 4.98 Å². The lowest BCUT2D eigenvalue weighted by Gasteiger charge is -2.02. The van der Waals surface area contributed by atoms with Crippen molar-refractivity contribution < 1.29 is 9.90 Å². The Morgan fingerprint density at radius 3 is 2.93 bits per heavy atom. The summed E-state index contributed by atoms with van der Waals surface area (Å²) in [5.74, 6) is -0.146. The number of nitrogens with zero attached hydrogens (tertiary/aromatic N) is 1. The van der Waals surface area contributed by atoms with Crippen LogP contribution in [-0.2, 0) is 11.2 Å². The Kier molecular flexibility index (Phi) is 2.82. The van der Waals surface area contributed by atoms with Crippen LogP contribution in [-0.4, -0.2) is 16.1 Å². The van der Waals surface area contributed by atoms with Crippen molar-refractivity contribution in [2.24, 2.45) is 0 Å². The van der Waals surface area contributed by atoms with Gasteiger partial charge in [0.1, 0.15) is 5.01 Å². The lowest BCUT2D eigenvalue weighted by Crippen LogP contribution is -1.98. The van der Waals surface area contributed by atoms with Crippen molar-refractivity contribution in [2.45, 2.75) is 38.0 Å². The van der Waals surface area contributed by atoms with Crippen molar-refractivity contribution in [1.82, 2.24) is 4.98 Å². The zero-order valence-electron chi connectivity index (χ0n) is 7.90. The van der Waals surface area contributed by atoms with Gasteiger partial charge in [0.05, 0.1) is 6.42 Å². The fraction of sp³-hybridized carbons (Fsp3) is 0.600. The molecular weight excluding hydrogens is 198 g/mol. The summed E-state index contributed by atoms with van der Waals surface area (Å²) in [6.07, 6.45) is 7.02. The van der Waals surface area contributed by atoms with E-state index in [0.29, 0.717) is 5.92 Å². The molecule has 1 N–H and O–H groups in total. The molecule has 3 nitrogen and oxygen atoms in total. The predicted molar refractivity (Wildman–Crippen MR) is 54.7 cm³/mol. The number of rotatable bonds is 3. The maximum absolute atomic E-state index is 10.5. The first-order valence-corrected chi connectivity index (χ1v) is 5.74. The molecule has 1 aromatic rings. The molecule has 0 unspecified atom stereocenters. The summed E-state index contributed by atoms with van der Waals surface area (Å²) in [7, 11) is 0. The SMILES string of the molecule is O=C(O)Cc1ncc(C2CCCC2)s1. The van der Waals surface area contributed by atoms with Crippen LogP contribution in [0.2, 0.25) is 0 Å². The molecule has 14 heavy (non-hydrogen) atoms. The summed E-state index contributed by atoms with van der Waals surface area (Å²) in [4.78, 5) is 15.9. The number of hydrogen-bond donors (Lipinski definition) is 1. The summed E-state index contributed by atoms with van der Waals surface area (Å²) in [6.45, 7) is 0. The first-order chi connectivity index (χ1) is 6.75. The second-order valence-corrected chi connectivity index (χ2v) is 4.86. The van der Waals surface area contributed by atoms with E-state index < -0.39 is 5.97 Å². The van der Waals surface area contributed by atoms with E-state index in [9.17, 15) is 4.79 Å². The highest BCUT2D eigenvalue weighted by atomic mass is 32.1. The molecule has 0 radical (unpaired) electrons. The van der Waals surface area contributed by atoms with Crippen molar-refractivity contribution in [1.29, 1.82) is 0 Å². The largest absolute Gasteiger partial charge is 0.481 e. The summed E-state index contributed by atoms with van der Waals surface area (Å²) in [5.41, 5.74) is 0. The molecule has 0 spiro atoms. The number of aliphatic carboxylic acids is 1. The molecule has 0 aromatic carbocycles. The normalized spacial score (nSPS) is 17.4. The second kappa shape index (κ2) is 4.09. The van der Waals surface area contributed by atoms with E-state index in [2.05, 4.69) is 4.98 Å². The predicted octanol–water partition coefficient (Wildman–Crippen LogP) is 2.43. The molecule has 0 amide bonds. The average molecular weight is 211 g/mol. The smallest absolute Gasteiger partial charge is 0.310 e. The van der Waals surface area contributed by atoms with Crippen LogP contribution < -0.4 is 0 Å². The second-order valence-electron chi connectivity index (χ2n) is 3.71. The molecule has 1 aromatic heterocycles. The topological polar surface area (TPSA) is 50.2 Å². The molecule has 4 heteroatoms. The lowest BCUT2D eigenvalue weighted by molar-refractivity contribution is -0.136. The van der Waals surface area contributed by atoms with Crippen LogP contribution in [0.1, 0.15) is 41.5 Å². The van der Waals surface area contributed by atoms with Gasteiger partial charge in [-0.2, -0.15) is 0 Å². The fourth-order valence-electron chi connectivity index (χ4n) is 1.93. The van der Waals surface area contributed by atoms with Gasteiger partial charge in [0.25, 0.3) is 0 Å². The Bertz CT molecular complexity index is 329. The first-order valence-electron chi connectivity index (χ1n) is 4.92. The van der Waals surface area contributed by atoms with Crippen molar-refractivity contribution in [2.75, 3.05) is 0 Å². The third-order valence-corrected chi connectivity index (χ3v) is 3.79. The van der Waals surface area contributed by atoms with Crippen LogP contribution in [0.15, 0.2) is 6.20 Å². The van der Waals surface area contributed by atoms with Gasteiger partial charge >= 0.3 is 5.97 Å². The highest BCUT2D eigenvalue weighted by Crippen LogP contribution is 2.36. The van der Waals surface area contributed by atoms with E-state index in [1.807, 2.05) is 6.20 Å². The minimum Gasteiger partial charge on any atom is -0.481 e. The van der Waals surface area contributed by atoms with Gasteiger partial charge in [-0.05, 0) is 18.8 Å².